The van der Waals surface area contributed by atoms with Gasteiger partial charge in [-0.15, -0.1) is 0 Å². The Kier molecular flexibility index (Phi) is 5.68. The molecule has 0 aliphatic heterocycles. The van der Waals surface area contributed by atoms with Crippen molar-refractivity contribution in [2.75, 3.05) is 5.32 Å². The van der Waals surface area contributed by atoms with Gasteiger partial charge in [0.05, 0.1) is 11.3 Å². The summed E-state index contributed by atoms with van der Waals surface area (Å²) >= 11 is 0. The van der Waals surface area contributed by atoms with Gasteiger partial charge in [0, 0.05) is 17.4 Å². The number of anilines is 2. The van der Waals surface area contributed by atoms with Gasteiger partial charge in [-0.25, -0.2) is 9.97 Å². The predicted octanol–water partition coefficient (Wildman–Crippen LogP) is 3.76. The van der Waals surface area contributed by atoms with Gasteiger partial charge in [0.2, 0.25) is 5.95 Å². The lowest BCUT2D eigenvalue weighted by Gasteiger charge is -2.15. The maximum Gasteiger partial charge on any atom is 0.253 e. The number of hydrogen-bond acceptors (Lipinski definition) is 4. The normalized spacial score (nSPS) is 11.8. The number of hydrogen-bond donors (Lipinski definition) is 2. The molecule has 1 unspecified atom stereocenters. The molecule has 2 rings (SSSR count). The fraction of sp³-hybridized carbons (Fsp3) is 0.389. The largest absolute Gasteiger partial charge is 0.350 e. The van der Waals surface area contributed by atoms with Gasteiger partial charge in [-0.3, -0.25) is 4.79 Å². The molecule has 1 aromatic heterocycles. The highest BCUT2D eigenvalue weighted by Gasteiger charge is 2.14. The molecule has 0 fully saturated rings. The number of amides is 1. The SMILES string of the molecule is CCCC(C)NC(=O)c1ccccc1Nc1nc(C)cc(C)n1. The zero-order chi connectivity index (χ0) is 16.8. The van der Waals surface area contributed by atoms with Crippen LogP contribution in [0.4, 0.5) is 11.6 Å². The van der Waals surface area contributed by atoms with Gasteiger partial charge in [0.25, 0.3) is 5.91 Å². The second-order valence-corrected chi connectivity index (χ2v) is 5.81. The Morgan fingerprint density at radius 2 is 1.83 bits per heavy atom. The number of aryl methyl sites for hydroxylation is 2. The molecule has 0 aliphatic rings. The number of para-hydroxylation sites is 1. The summed E-state index contributed by atoms with van der Waals surface area (Å²) in [6.45, 7) is 7.97. The van der Waals surface area contributed by atoms with E-state index in [4.69, 9.17) is 0 Å². The highest BCUT2D eigenvalue weighted by atomic mass is 16.1. The van der Waals surface area contributed by atoms with Crippen LogP contribution in [0.25, 0.3) is 0 Å². The van der Waals surface area contributed by atoms with Crippen molar-refractivity contribution in [3.63, 3.8) is 0 Å². The van der Waals surface area contributed by atoms with Gasteiger partial charge >= 0.3 is 0 Å². The number of carbonyl (C=O) groups is 1. The molecular formula is C18H24N4O. The quantitative estimate of drug-likeness (QED) is 0.852. The average Bonchev–Trinajstić information content (AvgIpc) is 2.46. The maximum absolute atomic E-state index is 12.5. The van der Waals surface area contributed by atoms with Gasteiger partial charge in [-0.05, 0) is 45.4 Å². The smallest absolute Gasteiger partial charge is 0.253 e. The number of nitrogens with one attached hydrogen (secondary N) is 2. The lowest BCUT2D eigenvalue weighted by Crippen LogP contribution is -2.32. The lowest BCUT2D eigenvalue weighted by atomic mass is 10.1. The van der Waals surface area contributed by atoms with Crippen LogP contribution in [0.1, 0.15) is 48.4 Å². The number of aromatic nitrogens is 2. The summed E-state index contributed by atoms with van der Waals surface area (Å²) in [5, 5.41) is 6.18. The summed E-state index contributed by atoms with van der Waals surface area (Å²) < 4.78 is 0. The summed E-state index contributed by atoms with van der Waals surface area (Å²) in [5.74, 6) is 0.419. The number of benzene rings is 1. The first kappa shape index (κ1) is 16.9. The summed E-state index contributed by atoms with van der Waals surface area (Å²) in [6, 6.07) is 9.47. The summed E-state index contributed by atoms with van der Waals surface area (Å²) in [7, 11) is 0. The molecule has 1 amide bonds. The van der Waals surface area contributed by atoms with E-state index in [0.29, 0.717) is 17.2 Å². The van der Waals surface area contributed by atoms with Crippen LogP contribution in [0.2, 0.25) is 0 Å². The number of rotatable bonds is 6. The predicted molar refractivity (Wildman–Crippen MR) is 93.1 cm³/mol. The molecule has 0 bridgehead atoms. The summed E-state index contributed by atoms with van der Waals surface area (Å²) in [5.41, 5.74) is 3.08. The van der Waals surface area contributed by atoms with Gasteiger partial charge in [-0.2, -0.15) is 0 Å². The van der Waals surface area contributed by atoms with Crippen LogP contribution >= 0.6 is 0 Å². The Balaban J connectivity index is 2.21. The first-order chi connectivity index (χ1) is 11.0. The van der Waals surface area contributed by atoms with Crippen molar-refractivity contribution in [3.8, 4) is 0 Å². The number of carbonyl (C=O) groups excluding carboxylic acids is 1. The third kappa shape index (κ3) is 4.77. The molecule has 0 aliphatic carbocycles. The van der Waals surface area contributed by atoms with Gasteiger partial charge < -0.3 is 10.6 Å². The molecular weight excluding hydrogens is 288 g/mol. The second-order valence-electron chi connectivity index (χ2n) is 5.81. The van der Waals surface area contributed by atoms with E-state index in [-0.39, 0.29) is 11.9 Å². The third-order valence-corrected chi connectivity index (χ3v) is 3.50. The lowest BCUT2D eigenvalue weighted by molar-refractivity contribution is 0.0939. The van der Waals surface area contributed by atoms with Gasteiger partial charge in [-0.1, -0.05) is 25.5 Å². The van der Waals surface area contributed by atoms with Crippen molar-refractivity contribution >= 4 is 17.5 Å². The van der Waals surface area contributed by atoms with E-state index >= 15 is 0 Å². The fourth-order valence-corrected chi connectivity index (χ4v) is 2.50. The van der Waals surface area contributed by atoms with Crippen LogP contribution < -0.4 is 10.6 Å². The van der Waals surface area contributed by atoms with E-state index in [2.05, 4.69) is 27.5 Å². The molecule has 0 spiro atoms. The van der Waals surface area contributed by atoms with Gasteiger partial charge in [0.15, 0.2) is 0 Å². The highest BCUT2D eigenvalue weighted by molar-refractivity contribution is 6.00. The van der Waals surface area contributed by atoms with Crippen molar-refractivity contribution in [2.24, 2.45) is 0 Å². The minimum Gasteiger partial charge on any atom is -0.350 e. The molecule has 0 saturated heterocycles. The van der Waals surface area contributed by atoms with Crippen LogP contribution in [0.3, 0.4) is 0 Å². The first-order valence-electron chi connectivity index (χ1n) is 7.98. The monoisotopic (exact) mass is 312 g/mol. The first-order valence-corrected chi connectivity index (χ1v) is 7.98. The average molecular weight is 312 g/mol. The molecule has 1 atom stereocenters. The van der Waals surface area contributed by atoms with E-state index in [0.717, 1.165) is 24.2 Å². The third-order valence-electron chi connectivity index (χ3n) is 3.50. The highest BCUT2D eigenvalue weighted by Crippen LogP contribution is 2.19. The Labute approximate surface area is 137 Å². The molecule has 2 N–H and O–H groups in total. The molecule has 23 heavy (non-hydrogen) atoms. The van der Waals surface area contributed by atoms with Gasteiger partial charge in [0.1, 0.15) is 0 Å². The van der Waals surface area contributed by atoms with Crippen LogP contribution in [0.5, 0.6) is 0 Å². The standard InChI is InChI=1S/C18H24N4O/c1-5-8-12(2)19-17(23)15-9-6-7-10-16(15)22-18-20-13(3)11-14(4)21-18/h6-7,9-12H,5,8H2,1-4H3,(H,19,23)(H,20,21,22). The molecule has 1 heterocycles. The maximum atomic E-state index is 12.5. The van der Waals surface area contributed by atoms with Crippen LogP contribution in [0, 0.1) is 13.8 Å². The minimum absolute atomic E-state index is 0.0848. The summed E-state index contributed by atoms with van der Waals surface area (Å²) in [4.78, 5) is 21.2. The van der Waals surface area contributed by atoms with E-state index in [1.54, 1.807) is 6.07 Å². The van der Waals surface area contributed by atoms with Crippen LogP contribution in [-0.2, 0) is 0 Å². The van der Waals surface area contributed by atoms with Crippen molar-refractivity contribution < 1.29 is 4.79 Å². The topological polar surface area (TPSA) is 66.9 Å². The Morgan fingerprint density at radius 3 is 2.48 bits per heavy atom. The number of nitrogens with zero attached hydrogens (tertiary/aromatic N) is 2. The molecule has 122 valence electrons. The van der Waals surface area contributed by atoms with E-state index in [9.17, 15) is 4.79 Å². The Morgan fingerprint density at radius 1 is 1.17 bits per heavy atom. The zero-order valence-corrected chi connectivity index (χ0v) is 14.2. The van der Waals surface area contributed by atoms with Crippen LogP contribution in [-0.4, -0.2) is 21.9 Å². The van der Waals surface area contributed by atoms with Crippen molar-refractivity contribution in [2.45, 2.75) is 46.6 Å². The van der Waals surface area contributed by atoms with E-state index in [1.807, 2.05) is 45.0 Å². The second kappa shape index (κ2) is 7.72. The van der Waals surface area contributed by atoms with E-state index in [1.165, 1.54) is 0 Å². The van der Waals surface area contributed by atoms with E-state index < -0.39 is 0 Å². The van der Waals surface area contributed by atoms with Crippen molar-refractivity contribution in [1.29, 1.82) is 0 Å². The molecule has 2 aromatic rings. The molecule has 0 radical (unpaired) electrons. The summed E-state index contributed by atoms with van der Waals surface area (Å²) in [6.07, 6.45) is 2.00. The van der Waals surface area contributed by atoms with Crippen LogP contribution in [0.15, 0.2) is 30.3 Å². The Bertz CT molecular complexity index is 664. The molecule has 1 aromatic carbocycles. The molecule has 5 heteroatoms. The van der Waals surface area contributed by atoms with Crippen molar-refractivity contribution in [1.82, 2.24) is 15.3 Å². The molecule has 0 saturated carbocycles. The Hall–Kier alpha value is -2.43. The molecule has 5 nitrogen and oxygen atoms in total. The fourth-order valence-electron chi connectivity index (χ4n) is 2.50. The zero-order valence-electron chi connectivity index (χ0n) is 14.2. The minimum atomic E-state index is -0.0848. The van der Waals surface area contributed by atoms with Crippen molar-refractivity contribution in [3.05, 3.63) is 47.3 Å².